The molecule has 150 valence electrons. The van der Waals surface area contributed by atoms with Crippen LogP contribution in [0.3, 0.4) is 0 Å². The van der Waals surface area contributed by atoms with Crippen molar-refractivity contribution < 1.29 is 9.84 Å². The lowest BCUT2D eigenvalue weighted by Gasteiger charge is -2.35. The normalized spacial score (nSPS) is 17.0. The topological polar surface area (TPSA) is 32.7 Å². The number of nitrogens with zero attached hydrogens (tertiary/aromatic N) is 1. The molecule has 0 bridgehead atoms. The van der Waals surface area contributed by atoms with E-state index in [1.165, 1.54) is 9.79 Å². The van der Waals surface area contributed by atoms with Gasteiger partial charge in [-0.2, -0.15) is 0 Å². The van der Waals surface area contributed by atoms with Crippen molar-refractivity contribution in [2.75, 3.05) is 26.3 Å². The van der Waals surface area contributed by atoms with Crippen LogP contribution in [0, 0.1) is 0 Å². The van der Waals surface area contributed by atoms with E-state index >= 15 is 0 Å². The summed E-state index contributed by atoms with van der Waals surface area (Å²) in [5.74, 6) is 0. The maximum absolute atomic E-state index is 11.2. The van der Waals surface area contributed by atoms with Gasteiger partial charge in [0.2, 0.25) is 0 Å². The van der Waals surface area contributed by atoms with Crippen molar-refractivity contribution in [2.24, 2.45) is 0 Å². The summed E-state index contributed by atoms with van der Waals surface area (Å²) in [6.45, 7) is 2.86. The summed E-state index contributed by atoms with van der Waals surface area (Å²) in [7, 11) is 0. The summed E-state index contributed by atoms with van der Waals surface area (Å²) in [6.07, 6.45) is -0.559. The van der Waals surface area contributed by atoms with Gasteiger partial charge in [-0.3, -0.25) is 4.90 Å². The second kappa shape index (κ2) is 10.3. The molecule has 1 heterocycles. The number of aliphatic hydroxyl groups is 1. The van der Waals surface area contributed by atoms with Crippen LogP contribution < -0.4 is 0 Å². The van der Waals surface area contributed by atoms with Gasteiger partial charge in [0.05, 0.1) is 18.5 Å². The molecule has 0 radical (unpaired) electrons. The van der Waals surface area contributed by atoms with Crippen molar-refractivity contribution in [3.8, 4) is 0 Å². The molecule has 0 aliphatic carbocycles. The molecule has 0 amide bonds. The largest absolute Gasteiger partial charge is 0.379 e. The SMILES string of the molecule is OC(C(Sc1ccccc1)c1ccc(Sc2ccccc2)cc1)N1CCOCC1. The summed E-state index contributed by atoms with van der Waals surface area (Å²) in [6, 6.07) is 29.3. The Balaban J connectivity index is 1.54. The number of aliphatic hydroxyl groups excluding tert-OH is 1. The van der Waals surface area contributed by atoms with Gasteiger partial charge in [-0.15, -0.1) is 11.8 Å². The smallest absolute Gasteiger partial charge is 0.124 e. The lowest BCUT2D eigenvalue weighted by molar-refractivity contribution is -0.0589. The zero-order chi connectivity index (χ0) is 19.9. The maximum atomic E-state index is 11.2. The lowest BCUT2D eigenvalue weighted by atomic mass is 10.1. The molecule has 0 aromatic heterocycles. The van der Waals surface area contributed by atoms with E-state index in [9.17, 15) is 5.11 Å². The fraction of sp³-hybridized carbons (Fsp3) is 0.250. The predicted octanol–water partition coefficient (Wildman–Crippen LogP) is 5.32. The number of rotatable bonds is 7. The van der Waals surface area contributed by atoms with E-state index in [2.05, 4.69) is 65.6 Å². The van der Waals surface area contributed by atoms with Crippen LogP contribution in [0.15, 0.2) is 99.6 Å². The number of benzene rings is 3. The van der Waals surface area contributed by atoms with Gasteiger partial charge in [-0.05, 0) is 42.0 Å². The molecule has 0 saturated carbocycles. The van der Waals surface area contributed by atoms with E-state index in [4.69, 9.17) is 4.74 Å². The van der Waals surface area contributed by atoms with Crippen LogP contribution in [0.1, 0.15) is 10.8 Å². The Kier molecular flexibility index (Phi) is 7.30. The third kappa shape index (κ3) is 5.65. The Labute approximate surface area is 181 Å². The van der Waals surface area contributed by atoms with E-state index in [1.54, 1.807) is 23.5 Å². The van der Waals surface area contributed by atoms with Crippen LogP contribution in [-0.2, 0) is 4.74 Å². The van der Waals surface area contributed by atoms with Crippen molar-refractivity contribution in [3.63, 3.8) is 0 Å². The van der Waals surface area contributed by atoms with Gasteiger partial charge in [-0.25, -0.2) is 0 Å². The quantitative estimate of drug-likeness (QED) is 0.520. The van der Waals surface area contributed by atoms with Gasteiger partial charge >= 0.3 is 0 Å². The van der Waals surface area contributed by atoms with E-state index in [0.717, 1.165) is 23.5 Å². The highest BCUT2D eigenvalue weighted by atomic mass is 32.2. The minimum atomic E-state index is -0.559. The van der Waals surface area contributed by atoms with Crippen molar-refractivity contribution in [3.05, 3.63) is 90.5 Å². The fourth-order valence-electron chi connectivity index (χ4n) is 3.33. The van der Waals surface area contributed by atoms with Gasteiger partial charge in [0.1, 0.15) is 6.23 Å². The number of hydrogen-bond donors (Lipinski definition) is 1. The summed E-state index contributed by atoms with van der Waals surface area (Å²) in [4.78, 5) is 5.71. The van der Waals surface area contributed by atoms with Gasteiger partial charge in [0.25, 0.3) is 0 Å². The van der Waals surface area contributed by atoms with Crippen LogP contribution in [0.5, 0.6) is 0 Å². The molecular formula is C24H25NO2S2. The van der Waals surface area contributed by atoms with Crippen molar-refractivity contribution in [1.82, 2.24) is 4.90 Å². The average Bonchev–Trinajstić information content (AvgIpc) is 2.80. The van der Waals surface area contributed by atoms with Crippen LogP contribution in [0.2, 0.25) is 0 Å². The average molecular weight is 424 g/mol. The van der Waals surface area contributed by atoms with Crippen LogP contribution in [0.25, 0.3) is 0 Å². The third-order valence-electron chi connectivity index (χ3n) is 4.88. The zero-order valence-electron chi connectivity index (χ0n) is 16.2. The summed E-state index contributed by atoms with van der Waals surface area (Å²) < 4.78 is 5.46. The molecule has 2 atom stereocenters. The molecule has 3 aromatic rings. The Morgan fingerprint density at radius 2 is 1.28 bits per heavy atom. The standard InChI is InChI=1S/C24H25NO2S2/c26-24(25-15-17-27-18-16-25)23(29-21-9-5-2-6-10-21)19-11-13-22(14-12-19)28-20-7-3-1-4-8-20/h1-14,23-24,26H,15-18H2. The van der Waals surface area contributed by atoms with E-state index in [-0.39, 0.29) is 5.25 Å². The number of thioether (sulfide) groups is 1. The molecule has 1 fully saturated rings. The van der Waals surface area contributed by atoms with Crippen molar-refractivity contribution in [1.29, 1.82) is 0 Å². The van der Waals surface area contributed by atoms with Gasteiger partial charge in [-0.1, -0.05) is 60.3 Å². The second-order valence-corrected chi connectivity index (χ2v) is 9.26. The summed E-state index contributed by atoms with van der Waals surface area (Å²) >= 11 is 3.47. The molecular weight excluding hydrogens is 398 g/mol. The maximum Gasteiger partial charge on any atom is 0.124 e. The minimum absolute atomic E-state index is 0.0636. The van der Waals surface area contributed by atoms with Crippen molar-refractivity contribution >= 4 is 23.5 Å². The third-order valence-corrected chi connectivity index (χ3v) is 7.21. The highest BCUT2D eigenvalue weighted by molar-refractivity contribution is 7.99. The Morgan fingerprint density at radius 3 is 1.90 bits per heavy atom. The molecule has 3 nitrogen and oxygen atoms in total. The molecule has 5 heteroatoms. The highest BCUT2D eigenvalue weighted by Crippen LogP contribution is 2.40. The first kappa shape index (κ1) is 20.5. The predicted molar refractivity (Wildman–Crippen MR) is 120 cm³/mol. The molecule has 3 aromatic carbocycles. The fourth-order valence-corrected chi connectivity index (χ4v) is 5.36. The van der Waals surface area contributed by atoms with Gasteiger partial charge in [0.15, 0.2) is 0 Å². The molecule has 4 rings (SSSR count). The Hall–Kier alpha value is -1.76. The second-order valence-electron chi connectivity index (χ2n) is 6.90. The van der Waals surface area contributed by atoms with Crippen LogP contribution in [0.4, 0.5) is 0 Å². The molecule has 29 heavy (non-hydrogen) atoms. The first-order valence-electron chi connectivity index (χ1n) is 9.84. The number of ether oxygens (including phenoxy) is 1. The summed E-state index contributed by atoms with van der Waals surface area (Å²) in [5.41, 5.74) is 1.13. The van der Waals surface area contributed by atoms with E-state index in [0.29, 0.717) is 13.2 Å². The molecule has 1 aliphatic rings. The number of morpholine rings is 1. The molecule has 1 N–H and O–H groups in total. The first-order valence-corrected chi connectivity index (χ1v) is 11.5. The number of hydrogen-bond acceptors (Lipinski definition) is 5. The minimum Gasteiger partial charge on any atom is -0.379 e. The monoisotopic (exact) mass is 423 g/mol. The molecule has 2 unspecified atom stereocenters. The highest BCUT2D eigenvalue weighted by Gasteiger charge is 2.29. The Morgan fingerprint density at radius 1 is 0.724 bits per heavy atom. The van der Waals surface area contributed by atoms with Crippen LogP contribution >= 0.6 is 23.5 Å². The van der Waals surface area contributed by atoms with Crippen molar-refractivity contribution in [2.45, 2.75) is 26.2 Å². The van der Waals surface area contributed by atoms with Crippen LogP contribution in [-0.4, -0.2) is 42.5 Å². The van der Waals surface area contributed by atoms with E-state index in [1.807, 2.05) is 24.3 Å². The molecule has 1 saturated heterocycles. The van der Waals surface area contributed by atoms with Gasteiger partial charge in [0, 0.05) is 27.8 Å². The molecule has 0 spiro atoms. The Bertz CT molecular complexity index is 868. The zero-order valence-corrected chi connectivity index (χ0v) is 17.8. The van der Waals surface area contributed by atoms with E-state index < -0.39 is 6.23 Å². The lowest BCUT2D eigenvalue weighted by Crippen LogP contribution is -2.45. The first-order chi connectivity index (χ1) is 14.3. The summed E-state index contributed by atoms with van der Waals surface area (Å²) in [5, 5.41) is 11.1. The molecule has 1 aliphatic heterocycles. The van der Waals surface area contributed by atoms with Gasteiger partial charge < -0.3 is 9.84 Å².